The molecule has 1 aliphatic heterocycles. The number of aryl methyl sites for hydroxylation is 1. The lowest BCUT2D eigenvalue weighted by Crippen LogP contribution is -2.41. The number of aromatic nitrogens is 2. The molecule has 1 saturated heterocycles. The van der Waals surface area contributed by atoms with Gasteiger partial charge in [-0.3, -0.25) is 0 Å². The Morgan fingerprint density at radius 3 is 2.50 bits per heavy atom. The van der Waals surface area contributed by atoms with Crippen molar-refractivity contribution < 1.29 is 13.2 Å². The molecule has 4 rings (SSSR count). The molecule has 1 aromatic heterocycles. The molecule has 1 aliphatic rings. The van der Waals surface area contributed by atoms with Crippen LogP contribution in [0.1, 0.15) is 12.8 Å². The van der Waals surface area contributed by atoms with Crippen molar-refractivity contribution >= 4 is 20.8 Å². The van der Waals surface area contributed by atoms with E-state index in [9.17, 15) is 8.42 Å². The third kappa shape index (κ3) is 3.32. The highest BCUT2D eigenvalue weighted by atomic mass is 32.2. The fourth-order valence-corrected chi connectivity index (χ4v) is 4.71. The number of piperidine rings is 1. The Balaban J connectivity index is 1.41. The summed E-state index contributed by atoms with van der Waals surface area (Å²) in [4.78, 5) is 3.98. The van der Waals surface area contributed by atoms with Crippen LogP contribution in [0, 0.1) is 0 Å². The fourth-order valence-electron chi connectivity index (χ4n) is 3.28. The van der Waals surface area contributed by atoms with Crippen LogP contribution in [-0.4, -0.2) is 41.5 Å². The van der Waals surface area contributed by atoms with E-state index in [1.54, 1.807) is 11.6 Å². The minimum absolute atomic E-state index is 0.0198. The molecule has 0 N–H and O–H groups in total. The van der Waals surface area contributed by atoms with Gasteiger partial charge in [-0.2, -0.15) is 4.31 Å². The zero-order valence-electron chi connectivity index (χ0n) is 14.6. The summed E-state index contributed by atoms with van der Waals surface area (Å²) in [6, 6.07) is 14.2. The summed E-state index contributed by atoms with van der Waals surface area (Å²) in [5.74, 6) is 0.828. The standard InChI is InChI=1S/C19H21N3O3S/c1-21-13-19(20-14-21)26(23,24)22-10-8-17(9-11-22)25-18-7-6-15-4-2-3-5-16(15)12-18/h2-7,12-14,17H,8-11H2,1H3. The van der Waals surface area contributed by atoms with Crippen molar-refractivity contribution in [3.63, 3.8) is 0 Å². The van der Waals surface area contributed by atoms with Gasteiger partial charge in [0.1, 0.15) is 11.9 Å². The van der Waals surface area contributed by atoms with Crippen molar-refractivity contribution in [3.05, 3.63) is 55.0 Å². The van der Waals surface area contributed by atoms with Gasteiger partial charge in [-0.25, -0.2) is 13.4 Å². The van der Waals surface area contributed by atoms with Crippen molar-refractivity contribution in [3.8, 4) is 5.75 Å². The van der Waals surface area contributed by atoms with Crippen LogP contribution >= 0.6 is 0 Å². The van der Waals surface area contributed by atoms with E-state index in [1.165, 1.54) is 22.2 Å². The summed E-state index contributed by atoms with van der Waals surface area (Å²) < 4.78 is 34.5. The molecule has 1 fully saturated rings. The molecule has 3 aromatic rings. The first-order valence-corrected chi connectivity index (χ1v) is 10.1. The van der Waals surface area contributed by atoms with E-state index < -0.39 is 10.0 Å². The third-order valence-corrected chi connectivity index (χ3v) is 6.49. The van der Waals surface area contributed by atoms with E-state index in [2.05, 4.69) is 17.1 Å². The van der Waals surface area contributed by atoms with Crippen LogP contribution in [0.25, 0.3) is 10.8 Å². The molecule has 2 aromatic carbocycles. The molecule has 26 heavy (non-hydrogen) atoms. The molecule has 6 nitrogen and oxygen atoms in total. The number of sulfonamides is 1. The monoisotopic (exact) mass is 371 g/mol. The first-order chi connectivity index (χ1) is 12.5. The highest BCUT2D eigenvalue weighted by molar-refractivity contribution is 7.89. The maximum Gasteiger partial charge on any atom is 0.262 e. The van der Waals surface area contributed by atoms with E-state index >= 15 is 0 Å². The number of imidazole rings is 1. The van der Waals surface area contributed by atoms with Crippen LogP contribution in [0.4, 0.5) is 0 Å². The van der Waals surface area contributed by atoms with Gasteiger partial charge in [0.15, 0.2) is 5.03 Å². The number of hydrogen-bond donors (Lipinski definition) is 0. The molecular formula is C19H21N3O3S. The predicted octanol–water partition coefficient (Wildman–Crippen LogP) is 2.81. The van der Waals surface area contributed by atoms with Crippen molar-refractivity contribution in [1.82, 2.24) is 13.9 Å². The normalized spacial score (nSPS) is 16.8. The molecule has 0 aliphatic carbocycles. The Labute approximate surface area is 153 Å². The number of benzene rings is 2. The van der Waals surface area contributed by atoms with E-state index in [0.29, 0.717) is 25.9 Å². The summed E-state index contributed by atoms with van der Waals surface area (Å²) in [7, 11) is -1.76. The molecule has 136 valence electrons. The number of ether oxygens (including phenoxy) is 1. The van der Waals surface area contributed by atoms with Gasteiger partial charge in [-0.05, 0) is 35.7 Å². The van der Waals surface area contributed by atoms with Crippen LogP contribution in [0.2, 0.25) is 0 Å². The lowest BCUT2D eigenvalue weighted by atomic mass is 10.1. The van der Waals surface area contributed by atoms with Gasteiger partial charge in [-0.15, -0.1) is 0 Å². The second-order valence-corrected chi connectivity index (χ2v) is 8.49. The Morgan fingerprint density at radius 1 is 1.08 bits per heavy atom. The van der Waals surface area contributed by atoms with Gasteiger partial charge in [0.2, 0.25) is 0 Å². The third-order valence-electron chi connectivity index (χ3n) is 4.71. The van der Waals surface area contributed by atoms with Crippen molar-refractivity contribution in [2.75, 3.05) is 13.1 Å². The van der Waals surface area contributed by atoms with Crippen molar-refractivity contribution in [1.29, 1.82) is 0 Å². The Bertz CT molecular complexity index is 1020. The van der Waals surface area contributed by atoms with Gasteiger partial charge in [0, 0.05) is 26.3 Å². The Kier molecular flexibility index (Phi) is 4.42. The maximum absolute atomic E-state index is 12.6. The Morgan fingerprint density at radius 2 is 1.81 bits per heavy atom. The first-order valence-electron chi connectivity index (χ1n) is 8.66. The van der Waals surface area contributed by atoms with Gasteiger partial charge in [-0.1, -0.05) is 30.3 Å². The van der Waals surface area contributed by atoms with Gasteiger partial charge in [0.05, 0.1) is 6.33 Å². The summed E-state index contributed by atoms with van der Waals surface area (Å²) in [6.07, 6.45) is 4.39. The number of fused-ring (bicyclic) bond motifs is 1. The molecule has 0 radical (unpaired) electrons. The van der Waals surface area contributed by atoms with Crippen LogP contribution in [0.5, 0.6) is 5.75 Å². The van der Waals surface area contributed by atoms with Crippen molar-refractivity contribution in [2.24, 2.45) is 7.05 Å². The molecular weight excluding hydrogens is 350 g/mol. The first kappa shape index (κ1) is 17.1. The highest BCUT2D eigenvalue weighted by Gasteiger charge is 2.31. The van der Waals surface area contributed by atoms with Gasteiger partial charge < -0.3 is 9.30 Å². The zero-order valence-corrected chi connectivity index (χ0v) is 15.4. The number of hydrogen-bond acceptors (Lipinski definition) is 4. The summed E-state index contributed by atoms with van der Waals surface area (Å²) in [6.45, 7) is 0.883. The summed E-state index contributed by atoms with van der Waals surface area (Å²) in [5, 5.41) is 2.42. The second kappa shape index (κ2) is 6.74. The van der Waals surface area contributed by atoms with Gasteiger partial charge in [0.25, 0.3) is 10.0 Å². The lowest BCUT2D eigenvalue weighted by Gasteiger charge is -2.31. The average molecular weight is 371 g/mol. The maximum atomic E-state index is 12.6. The minimum Gasteiger partial charge on any atom is -0.490 e. The van der Waals surface area contributed by atoms with Gasteiger partial charge >= 0.3 is 0 Å². The lowest BCUT2D eigenvalue weighted by molar-refractivity contribution is 0.135. The molecule has 0 atom stereocenters. The summed E-state index contributed by atoms with van der Waals surface area (Å²) in [5.41, 5.74) is 0. The van der Waals surface area contributed by atoms with E-state index in [1.807, 2.05) is 30.3 Å². The smallest absolute Gasteiger partial charge is 0.262 e. The van der Waals surface area contributed by atoms with Crippen LogP contribution in [-0.2, 0) is 17.1 Å². The summed E-state index contributed by atoms with van der Waals surface area (Å²) >= 11 is 0. The number of rotatable bonds is 4. The Hall–Kier alpha value is -2.38. The van der Waals surface area contributed by atoms with E-state index in [-0.39, 0.29) is 11.1 Å². The molecule has 0 unspecified atom stereocenters. The quantitative estimate of drug-likeness (QED) is 0.707. The molecule has 0 saturated carbocycles. The zero-order chi connectivity index (χ0) is 18.1. The second-order valence-electron chi connectivity index (χ2n) is 6.61. The van der Waals surface area contributed by atoms with Crippen LogP contribution in [0.3, 0.4) is 0 Å². The van der Waals surface area contributed by atoms with Crippen LogP contribution in [0.15, 0.2) is 60.0 Å². The fraction of sp³-hybridized carbons (Fsp3) is 0.316. The largest absolute Gasteiger partial charge is 0.490 e. The molecule has 2 heterocycles. The average Bonchev–Trinajstić information content (AvgIpc) is 3.09. The predicted molar refractivity (Wildman–Crippen MR) is 99.6 cm³/mol. The molecule has 0 bridgehead atoms. The molecule has 7 heteroatoms. The molecule has 0 amide bonds. The van der Waals surface area contributed by atoms with Crippen molar-refractivity contribution in [2.45, 2.75) is 24.0 Å². The number of nitrogens with zero attached hydrogens (tertiary/aromatic N) is 3. The molecule has 0 spiro atoms. The SMILES string of the molecule is Cn1cnc(S(=O)(=O)N2CCC(Oc3ccc4ccccc4c3)CC2)c1. The topological polar surface area (TPSA) is 64.4 Å². The van der Waals surface area contributed by atoms with E-state index in [0.717, 1.165) is 11.1 Å². The minimum atomic E-state index is -3.52. The highest BCUT2D eigenvalue weighted by Crippen LogP contribution is 2.25. The van der Waals surface area contributed by atoms with Crippen LogP contribution < -0.4 is 4.74 Å². The van der Waals surface area contributed by atoms with E-state index in [4.69, 9.17) is 4.74 Å².